The molecule has 7 nitrogen and oxygen atoms in total. The topological polar surface area (TPSA) is 80.9 Å². The molecule has 0 radical (unpaired) electrons. The summed E-state index contributed by atoms with van der Waals surface area (Å²) in [4.78, 5) is 19.5. The van der Waals surface area contributed by atoms with Crippen LogP contribution in [0.5, 0.6) is 0 Å². The Morgan fingerprint density at radius 2 is 2.14 bits per heavy atom. The van der Waals surface area contributed by atoms with Crippen molar-refractivity contribution in [1.29, 1.82) is 0 Å². The third kappa shape index (κ3) is 1.67. The number of fused-ring (bicyclic) bond motifs is 3. The highest BCUT2D eigenvalue weighted by Gasteiger charge is 2.13. The smallest absolute Gasteiger partial charge is 0.305 e. The third-order valence-corrected chi connectivity index (χ3v) is 3.51. The van der Waals surface area contributed by atoms with Gasteiger partial charge in [0.25, 0.3) is 0 Å². The van der Waals surface area contributed by atoms with Crippen LogP contribution in [0.25, 0.3) is 27.9 Å². The minimum Gasteiger partial charge on any atom is -0.305 e. The first-order valence-electron chi connectivity index (χ1n) is 6.51. The van der Waals surface area contributed by atoms with Crippen LogP contribution in [-0.2, 0) is 7.05 Å². The quantitative estimate of drug-likeness (QED) is 0.569. The molecule has 1 N–H and O–H groups in total. The summed E-state index contributed by atoms with van der Waals surface area (Å²) in [5, 5.41) is 9.26. The van der Waals surface area contributed by atoms with Gasteiger partial charge in [0.1, 0.15) is 0 Å². The molecular weight excluding hydrogens is 268 g/mol. The number of hydrogen-bond acceptors (Lipinski definition) is 4. The molecule has 0 aliphatic heterocycles. The average molecular weight is 280 g/mol. The second-order valence-electron chi connectivity index (χ2n) is 5.00. The van der Waals surface area contributed by atoms with Crippen LogP contribution in [0.4, 0.5) is 0 Å². The second-order valence-corrected chi connectivity index (χ2v) is 5.00. The van der Waals surface area contributed by atoms with Crippen LogP contribution < -0.4 is 5.69 Å². The first-order chi connectivity index (χ1) is 10.1. The lowest BCUT2D eigenvalue weighted by molar-refractivity contribution is 0.768. The van der Waals surface area contributed by atoms with Crippen LogP contribution in [0.1, 0.15) is 5.56 Å². The van der Waals surface area contributed by atoms with Gasteiger partial charge in [0.2, 0.25) is 0 Å². The van der Waals surface area contributed by atoms with Gasteiger partial charge >= 0.3 is 5.69 Å². The summed E-state index contributed by atoms with van der Waals surface area (Å²) < 4.78 is 2.97. The molecule has 0 spiro atoms. The summed E-state index contributed by atoms with van der Waals surface area (Å²) in [6, 6.07) is 5.82. The molecule has 0 unspecified atom stereocenters. The van der Waals surface area contributed by atoms with Gasteiger partial charge < -0.3 is 4.98 Å². The molecule has 0 aliphatic rings. The van der Waals surface area contributed by atoms with Gasteiger partial charge in [-0.3, -0.25) is 4.68 Å². The minimum absolute atomic E-state index is 0.297. The highest BCUT2D eigenvalue weighted by Crippen LogP contribution is 2.21. The zero-order valence-electron chi connectivity index (χ0n) is 11.5. The maximum absolute atomic E-state index is 12.2. The van der Waals surface area contributed by atoms with E-state index in [-0.39, 0.29) is 5.69 Å². The van der Waals surface area contributed by atoms with Crippen molar-refractivity contribution in [3.05, 3.63) is 46.6 Å². The van der Waals surface area contributed by atoms with E-state index in [0.717, 1.165) is 22.0 Å². The van der Waals surface area contributed by atoms with E-state index in [1.807, 2.05) is 38.4 Å². The van der Waals surface area contributed by atoms with Crippen LogP contribution >= 0.6 is 0 Å². The number of rotatable bonds is 1. The average Bonchev–Trinajstić information content (AvgIpc) is 3.07. The van der Waals surface area contributed by atoms with E-state index in [1.54, 1.807) is 10.9 Å². The standard InChI is InChI=1S/C14H12N6O/c1-8-4-3-5-10-11(8)16-14(21)20-13(10)17-12(18-20)9-6-15-19(2)7-9/h3-7H,1-2H3,(H,16,21). The number of benzene rings is 1. The van der Waals surface area contributed by atoms with Crippen LogP contribution in [-0.4, -0.2) is 29.4 Å². The Hall–Kier alpha value is -2.96. The first-order valence-corrected chi connectivity index (χ1v) is 6.51. The highest BCUT2D eigenvalue weighted by molar-refractivity contribution is 5.93. The molecule has 7 heteroatoms. The Balaban J connectivity index is 2.11. The number of hydrogen-bond donors (Lipinski definition) is 1. The van der Waals surface area contributed by atoms with Crippen molar-refractivity contribution in [1.82, 2.24) is 29.4 Å². The van der Waals surface area contributed by atoms with E-state index in [0.29, 0.717) is 11.5 Å². The van der Waals surface area contributed by atoms with E-state index in [2.05, 4.69) is 20.2 Å². The second kappa shape index (κ2) is 4.02. The number of H-pyrrole nitrogens is 1. The number of nitrogens with zero attached hydrogens (tertiary/aromatic N) is 5. The van der Waals surface area contributed by atoms with Crippen LogP contribution in [0.3, 0.4) is 0 Å². The SMILES string of the molecule is Cc1cccc2c1[nH]c(=O)n1nc(-c3cnn(C)c3)nc21. The molecule has 4 rings (SSSR count). The van der Waals surface area contributed by atoms with Crippen molar-refractivity contribution < 1.29 is 0 Å². The molecule has 0 saturated carbocycles. The Morgan fingerprint density at radius 3 is 2.90 bits per heavy atom. The molecule has 1 aromatic carbocycles. The van der Waals surface area contributed by atoms with Crippen molar-refractivity contribution in [2.45, 2.75) is 6.92 Å². The number of aryl methyl sites for hydroxylation is 2. The lowest BCUT2D eigenvalue weighted by Gasteiger charge is -2.01. The number of para-hydroxylation sites is 1. The number of aromatic nitrogens is 6. The summed E-state index contributed by atoms with van der Waals surface area (Å²) in [5.41, 5.74) is 2.82. The van der Waals surface area contributed by atoms with Gasteiger partial charge in [0.15, 0.2) is 11.5 Å². The van der Waals surface area contributed by atoms with Crippen molar-refractivity contribution in [3.63, 3.8) is 0 Å². The van der Waals surface area contributed by atoms with E-state index in [1.165, 1.54) is 4.52 Å². The number of aromatic amines is 1. The van der Waals surface area contributed by atoms with Crippen molar-refractivity contribution in [2.24, 2.45) is 7.05 Å². The molecule has 3 aromatic heterocycles. The molecule has 0 bridgehead atoms. The lowest BCUT2D eigenvalue weighted by atomic mass is 10.1. The van der Waals surface area contributed by atoms with Gasteiger partial charge in [0.05, 0.1) is 17.3 Å². The summed E-state index contributed by atoms with van der Waals surface area (Å²) in [7, 11) is 1.82. The van der Waals surface area contributed by atoms with E-state index < -0.39 is 0 Å². The first kappa shape index (κ1) is 11.8. The third-order valence-electron chi connectivity index (χ3n) is 3.51. The molecule has 21 heavy (non-hydrogen) atoms. The molecule has 0 fully saturated rings. The van der Waals surface area contributed by atoms with Crippen LogP contribution in [0.2, 0.25) is 0 Å². The fourth-order valence-corrected chi connectivity index (χ4v) is 2.47. The Bertz CT molecular complexity index is 1040. The lowest BCUT2D eigenvalue weighted by Crippen LogP contribution is -2.17. The van der Waals surface area contributed by atoms with Gasteiger partial charge in [-0.2, -0.15) is 9.61 Å². The van der Waals surface area contributed by atoms with E-state index >= 15 is 0 Å². The number of nitrogens with one attached hydrogen (secondary N) is 1. The Kier molecular flexibility index (Phi) is 2.26. The van der Waals surface area contributed by atoms with Gasteiger partial charge in [0, 0.05) is 18.6 Å². The molecule has 4 aromatic rings. The van der Waals surface area contributed by atoms with Gasteiger partial charge in [-0.15, -0.1) is 5.10 Å². The maximum Gasteiger partial charge on any atom is 0.348 e. The molecular formula is C14H12N6O. The maximum atomic E-state index is 12.2. The largest absolute Gasteiger partial charge is 0.348 e. The Labute approximate surface area is 118 Å². The van der Waals surface area contributed by atoms with Crippen molar-refractivity contribution in [3.8, 4) is 11.4 Å². The van der Waals surface area contributed by atoms with E-state index in [9.17, 15) is 4.79 Å². The van der Waals surface area contributed by atoms with Gasteiger partial charge in [-0.25, -0.2) is 9.78 Å². The highest BCUT2D eigenvalue weighted by atomic mass is 16.1. The molecule has 0 aliphatic carbocycles. The minimum atomic E-state index is -0.297. The predicted molar refractivity (Wildman–Crippen MR) is 78.1 cm³/mol. The monoisotopic (exact) mass is 280 g/mol. The molecule has 104 valence electrons. The summed E-state index contributed by atoms with van der Waals surface area (Å²) in [5.74, 6) is 0.489. The van der Waals surface area contributed by atoms with Gasteiger partial charge in [-0.1, -0.05) is 12.1 Å². The predicted octanol–water partition coefficient (Wildman–Crippen LogP) is 1.28. The van der Waals surface area contributed by atoms with Crippen LogP contribution in [0, 0.1) is 6.92 Å². The van der Waals surface area contributed by atoms with Crippen LogP contribution in [0.15, 0.2) is 35.4 Å². The van der Waals surface area contributed by atoms with Crippen molar-refractivity contribution in [2.75, 3.05) is 0 Å². The fraction of sp³-hybridized carbons (Fsp3) is 0.143. The normalized spacial score (nSPS) is 11.5. The summed E-state index contributed by atoms with van der Waals surface area (Å²) in [6.07, 6.45) is 3.49. The molecule has 0 amide bonds. The molecule has 0 atom stereocenters. The van der Waals surface area contributed by atoms with Crippen molar-refractivity contribution >= 4 is 16.6 Å². The Morgan fingerprint density at radius 1 is 1.29 bits per heavy atom. The zero-order chi connectivity index (χ0) is 14.6. The summed E-state index contributed by atoms with van der Waals surface area (Å²) >= 11 is 0. The molecule has 0 saturated heterocycles. The molecule has 3 heterocycles. The zero-order valence-corrected chi connectivity index (χ0v) is 11.5. The van der Waals surface area contributed by atoms with Gasteiger partial charge in [-0.05, 0) is 18.6 Å². The van der Waals surface area contributed by atoms with E-state index in [4.69, 9.17) is 0 Å². The summed E-state index contributed by atoms with van der Waals surface area (Å²) in [6.45, 7) is 1.95. The fourth-order valence-electron chi connectivity index (χ4n) is 2.47.